The number of aromatic nitrogens is 2. The van der Waals surface area contributed by atoms with Gasteiger partial charge in [-0.3, -0.25) is 14.2 Å². The number of rotatable bonds is 7. The molecule has 0 radical (unpaired) electrons. The minimum absolute atomic E-state index is 0.0350. The Morgan fingerprint density at radius 3 is 2.72 bits per heavy atom. The monoisotopic (exact) mass is 423 g/mol. The highest BCUT2D eigenvalue weighted by Crippen LogP contribution is 2.33. The van der Waals surface area contributed by atoms with E-state index in [2.05, 4.69) is 29.4 Å². The maximum absolute atomic E-state index is 13.0. The van der Waals surface area contributed by atoms with Crippen LogP contribution in [0.2, 0.25) is 0 Å². The fourth-order valence-electron chi connectivity index (χ4n) is 3.36. The summed E-state index contributed by atoms with van der Waals surface area (Å²) in [6.45, 7) is 2.62. The van der Waals surface area contributed by atoms with Gasteiger partial charge in [-0.25, -0.2) is 4.98 Å². The fourth-order valence-corrected chi connectivity index (χ4v) is 5.08. The third-order valence-electron chi connectivity index (χ3n) is 4.97. The molecule has 0 unspecified atom stereocenters. The fraction of sp³-hybridized carbons (Fsp3) is 0.227. The van der Waals surface area contributed by atoms with Gasteiger partial charge in [0.2, 0.25) is 5.91 Å². The highest BCUT2D eigenvalue weighted by Gasteiger charge is 2.16. The molecule has 3 heterocycles. The quantitative estimate of drug-likeness (QED) is 0.476. The van der Waals surface area contributed by atoms with Crippen LogP contribution in [0, 0.1) is 0 Å². The van der Waals surface area contributed by atoms with Gasteiger partial charge < -0.3 is 5.32 Å². The van der Waals surface area contributed by atoms with Crippen molar-refractivity contribution in [1.82, 2.24) is 14.9 Å². The Hall–Kier alpha value is -2.77. The van der Waals surface area contributed by atoms with Crippen LogP contribution in [0.5, 0.6) is 0 Å². The first-order valence-corrected chi connectivity index (χ1v) is 11.3. The minimum atomic E-state index is -0.185. The number of fused-ring (bicyclic) bond motifs is 1. The molecule has 1 atom stereocenters. The molecule has 1 amide bonds. The van der Waals surface area contributed by atoms with Crippen LogP contribution in [-0.4, -0.2) is 22.0 Å². The summed E-state index contributed by atoms with van der Waals surface area (Å²) >= 11 is 3.04. The van der Waals surface area contributed by atoms with Crippen LogP contribution < -0.4 is 10.9 Å². The molecule has 0 saturated carbocycles. The van der Waals surface area contributed by atoms with Crippen LogP contribution in [0.4, 0.5) is 0 Å². The van der Waals surface area contributed by atoms with E-state index in [1.54, 1.807) is 11.3 Å². The van der Waals surface area contributed by atoms with E-state index in [0.717, 1.165) is 16.9 Å². The van der Waals surface area contributed by atoms with E-state index in [0.29, 0.717) is 16.8 Å². The minimum Gasteiger partial charge on any atom is -0.354 e. The number of thiophene rings is 2. The predicted octanol–water partition coefficient (Wildman–Crippen LogP) is 4.50. The van der Waals surface area contributed by atoms with Gasteiger partial charge in [-0.2, -0.15) is 0 Å². The molecule has 1 N–H and O–H groups in total. The van der Waals surface area contributed by atoms with Crippen molar-refractivity contribution in [3.63, 3.8) is 0 Å². The van der Waals surface area contributed by atoms with Crippen molar-refractivity contribution in [3.05, 3.63) is 75.5 Å². The van der Waals surface area contributed by atoms with E-state index in [1.165, 1.54) is 27.8 Å². The normalized spacial score (nSPS) is 12.2. The first-order valence-electron chi connectivity index (χ1n) is 9.49. The van der Waals surface area contributed by atoms with Crippen molar-refractivity contribution in [1.29, 1.82) is 0 Å². The molecule has 148 valence electrons. The summed E-state index contributed by atoms with van der Waals surface area (Å²) in [4.78, 5) is 31.6. The summed E-state index contributed by atoms with van der Waals surface area (Å²) in [6, 6.07) is 14.1. The van der Waals surface area contributed by atoms with Gasteiger partial charge >= 0.3 is 0 Å². The van der Waals surface area contributed by atoms with E-state index in [9.17, 15) is 9.59 Å². The molecule has 29 heavy (non-hydrogen) atoms. The molecular formula is C22H21N3O2S2. The first kappa shape index (κ1) is 19.5. The van der Waals surface area contributed by atoms with E-state index in [4.69, 9.17) is 0 Å². The number of benzene rings is 1. The summed E-state index contributed by atoms with van der Waals surface area (Å²) in [5.74, 6) is 0.0651. The number of amides is 1. The summed E-state index contributed by atoms with van der Waals surface area (Å²) in [6.07, 6.45) is 2.39. The SMILES string of the molecule is CC[C@H](CNC(=O)Cn1cnc2scc(-c3cccs3)c2c1=O)c1ccccc1. The molecule has 0 saturated heterocycles. The Labute approximate surface area is 176 Å². The van der Waals surface area contributed by atoms with E-state index in [-0.39, 0.29) is 23.9 Å². The summed E-state index contributed by atoms with van der Waals surface area (Å²) < 4.78 is 1.39. The van der Waals surface area contributed by atoms with Gasteiger partial charge in [-0.05, 0) is 23.4 Å². The third kappa shape index (κ3) is 4.16. The highest BCUT2D eigenvalue weighted by molar-refractivity contribution is 7.18. The van der Waals surface area contributed by atoms with Crippen molar-refractivity contribution < 1.29 is 4.79 Å². The lowest BCUT2D eigenvalue weighted by Crippen LogP contribution is -2.34. The standard InChI is InChI=1S/C22H21N3O2S2/c1-2-15(16-7-4-3-5-8-16)11-23-19(26)12-25-14-24-21-20(22(25)27)17(13-29-21)18-9-6-10-28-18/h3-10,13-15H,2,11-12H2,1H3,(H,23,26)/t15-/m1/s1. The van der Waals surface area contributed by atoms with Crippen LogP contribution in [0.15, 0.2) is 64.3 Å². The van der Waals surface area contributed by atoms with E-state index in [1.807, 2.05) is 41.1 Å². The maximum atomic E-state index is 13.0. The zero-order valence-corrected chi connectivity index (χ0v) is 17.6. The van der Waals surface area contributed by atoms with Gasteiger partial charge in [0.1, 0.15) is 11.4 Å². The first-order chi connectivity index (χ1) is 14.2. The zero-order valence-electron chi connectivity index (χ0n) is 16.0. The number of hydrogen-bond acceptors (Lipinski definition) is 5. The zero-order chi connectivity index (χ0) is 20.2. The molecule has 0 aliphatic heterocycles. The molecule has 5 nitrogen and oxygen atoms in total. The largest absolute Gasteiger partial charge is 0.354 e. The Balaban J connectivity index is 1.50. The molecule has 0 bridgehead atoms. The molecular weight excluding hydrogens is 402 g/mol. The Morgan fingerprint density at radius 2 is 2.00 bits per heavy atom. The number of carbonyl (C=O) groups excluding carboxylic acids is 1. The average Bonchev–Trinajstić information content (AvgIpc) is 3.41. The Kier molecular flexibility index (Phi) is 5.87. The Morgan fingerprint density at radius 1 is 1.17 bits per heavy atom. The molecule has 0 fully saturated rings. The number of nitrogens with one attached hydrogen (secondary N) is 1. The van der Waals surface area contributed by atoms with Gasteiger partial charge in [0.05, 0.1) is 11.7 Å². The highest BCUT2D eigenvalue weighted by atomic mass is 32.1. The van der Waals surface area contributed by atoms with Crippen LogP contribution in [-0.2, 0) is 11.3 Å². The smallest absolute Gasteiger partial charge is 0.263 e. The van der Waals surface area contributed by atoms with Gasteiger partial charge in [-0.1, -0.05) is 43.3 Å². The average molecular weight is 424 g/mol. The van der Waals surface area contributed by atoms with Crippen molar-refractivity contribution in [3.8, 4) is 10.4 Å². The molecule has 0 aliphatic rings. The predicted molar refractivity (Wildman–Crippen MR) is 120 cm³/mol. The molecule has 4 rings (SSSR count). The van der Waals surface area contributed by atoms with Gasteiger partial charge in [-0.15, -0.1) is 22.7 Å². The van der Waals surface area contributed by atoms with Crippen molar-refractivity contribution >= 4 is 38.8 Å². The second-order valence-electron chi connectivity index (χ2n) is 6.80. The molecule has 1 aromatic carbocycles. The van der Waals surface area contributed by atoms with E-state index >= 15 is 0 Å². The van der Waals surface area contributed by atoms with Crippen LogP contribution in [0.25, 0.3) is 20.7 Å². The Bertz CT molecular complexity index is 1160. The van der Waals surface area contributed by atoms with Crippen LogP contribution in [0.3, 0.4) is 0 Å². The number of hydrogen-bond donors (Lipinski definition) is 1. The third-order valence-corrected chi connectivity index (χ3v) is 6.76. The molecule has 0 aliphatic carbocycles. The number of nitrogens with zero attached hydrogens (tertiary/aromatic N) is 2. The van der Waals surface area contributed by atoms with Crippen LogP contribution >= 0.6 is 22.7 Å². The van der Waals surface area contributed by atoms with Crippen LogP contribution in [0.1, 0.15) is 24.8 Å². The molecule has 3 aromatic heterocycles. The summed E-state index contributed by atoms with van der Waals surface area (Å²) in [5, 5.41) is 7.50. The van der Waals surface area contributed by atoms with Crippen molar-refractivity contribution in [2.75, 3.05) is 6.54 Å². The van der Waals surface area contributed by atoms with Gasteiger partial charge in [0.25, 0.3) is 5.56 Å². The van der Waals surface area contributed by atoms with E-state index < -0.39 is 0 Å². The van der Waals surface area contributed by atoms with Gasteiger partial charge in [0.15, 0.2) is 0 Å². The second-order valence-corrected chi connectivity index (χ2v) is 8.61. The molecule has 7 heteroatoms. The lowest BCUT2D eigenvalue weighted by atomic mass is 9.96. The number of carbonyl (C=O) groups is 1. The second kappa shape index (κ2) is 8.71. The lowest BCUT2D eigenvalue weighted by molar-refractivity contribution is -0.121. The lowest BCUT2D eigenvalue weighted by Gasteiger charge is -2.16. The van der Waals surface area contributed by atoms with Crippen molar-refractivity contribution in [2.24, 2.45) is 0 Å². The topological polar surface area (TPSA) is 64.0 Å². The van der Waals surface area contributed by atoms with Gasteiger partial charge in [0, 0.05) is 28.3 Å². The molecule has 0 spiro atoms. The maximum Gasteiger partial charge on any atom is 0.263 e. The summed E-state index contributed by atoms with van der Waals surface area (Å²) in [5.41, 5.74) is 1.92. The summed E-state index contributed by atoms with van der Waals surface area (Å²) in [7, 11) is 0. The van der Waals surface area contributed by atoms with Crippen molar-refractivity contribution in [2.45, 2.75) is 25.8 Å². The molecule has 4 aromatic rings.